The van der Waals surface area contributed by atoms with Gasteiger partial charge in [-0.1, -0.05) is 52.4 Å². The Bertz CT molecular complexity index is 279. The first-order chi connectivity index (χ1) is 8.99. The zero-order valence-corrected chi connectivity index (χ0v) is 13.9. The molecule has 0 spiro atoms. The summed E-state index contributed by atoms with van der Waals surface area (Å²) in [6.45, 7) is 5.28. The minimum atomic E-state index is -2.80. The highest BCUT2D eigenvalue weighted by atomic mass is 32.2. The molecule has 1 N–H and O–H groups in total. The molecule has 3 nitrogen and oxygen atoms in total. The molecule has 0 saturated heterocycles. The van der Waals surface area contributed by atoms with Crippen molar-refractivity contribution in [1.82, 2.24) is 5.32 Å². The van der Waals surface area contributed by atoms with Crippen LogP contribution in [-0.4, -0.2) is 33.0 Å². The van der Waals surface area contributed by atoms with E-state index in [2.05, 4.69) is 19.2 Å². The van der Waals surface area contributed by atoms with Crippen LogP contribution in [0.1, 0.15) is 71.6 Å². The van der Waals surface area contributed by atoms with Gasteiger partial charge in [-0.25, -0.2) is 8.42 Å². The predicted octanol–water partition coefficient (Wildman–Crippen LogP) is 3.54. The van der Waals surface area contributed by atoms with E-state index in [0.29, 0.717) is 11.8 Å². The van der Waals surface area contributed by atoms with Crippen LogP contribution < -0.4 is 5.32 Å². The summed E-state index contributed by atoms with van der Waals surface area (Å²) in [7, 11) is -2.80. The molecule has 0 radical (unpaired) electrons. The highest BCUT2D eigenvalue weighted by molar-refractivity contribution is 7.90. The Labute approximate surface area is 120 Å². The molecule has 0 aliphatic carbocycles. The van der Waals surface area contributed by atoms with Crippen molar-refractivity contribution >= 4 is 9.84 Å². The van der Waals surface area contributed by atoms with Gasteiger partial charge in [0.1, 0.15) is 9.84 Å². The lowest BCUT2D eigenvalue weighted by Crippen LogP contribution is -2.30. The maximum atomic E-state index is 11.1. The fourth-order valence-electron chi connectivity index (χ4n) is 2.27. The Balaban J connectivity index is 3.82. The van der Waals surface area contributed by atoms with Crippen LogP contribution in [-0.2, 0) is 9.84 Å². The maximum Gasteiger partial charge on any atom is 0.147 e. The van der Waals surface area contributed by atoms with Crippen LogP contribution in [0.3, 0.4) is 0 Å². The normalized spacial score (nSPS) is 12.2. The molecule has 0 heterocycles. The molecule has 0 atom stereocenters. The lowest BCUT2D eigenvalue weighted by molar-refractivity contribution is 0.419. The van der Waals surface area contributed by atoms with Gasteiger partial charge < -0.3 is 5.32 Å². The number of nitrogens with one attached hydrogen (secondary N) is 1. The summed E-state index contributed by atoms with van der Waals surface area (Å²) in [6, 6.07) is 0.581. The average molecular weight is 292 g/mol. The highest BCUT2D eigenvalue weighted by Gasteiger charge is 2.08. The van der Waals surface area contributed by atoms with Gasteiger partial charge >= 0.3 is 0 Å². The summed E-state index contributed by atoms with van der Waals surface area (Å²) < 4.78 is 22.1. The zero-order valence-electron chi connectivity index (χ0n) is 13.1. The minimum Gasteiger partial charge on any atom is -0.314 e. The summed E-state index contributed by atoms with van der Waals surface area (Å²) in [5.41, 5.74) is 0. The lowest BCUT2D eigenvalue weighted by Gasteiger charge is -2.18. The van der Waals surface area contributed by atoms with E-state index in [1.807, 2.05) is 0 Å². The van der Waals surface area contributed by atoms with Crippen molar-refractivity contribution < 1.29 is 8.42 Å². The number of hydrogen-bond donors (Lipinski definition) is 1. The van der Waals surface area contributed by atoms with Gasteiger partial charge in [0.05, 0.1) is 5.75 Å². The molecule has 0 aliphatic heterocycles. The van der Waals surface area contributed by atoms with Crippen molar-refractivity contribution in [3.8, 4) is 0 Å². The molecule has 116 valence electrons. The van der Waals surface area contributed by atoms with E-state index in [-0.39, 0.29) is 0 Å². The second-order valence-electron chi connectivity index (χ2n) is 5.63. The first-order valence-corrected chi connectivity index (χ1v) is 9.96. The molecule has 0 aromatic carbocycles. The molecule has 0 rings (SSSR count). The molecule has 0 amide bonds. The SMILES string of the molecule is CCCCCC(CCCCC)NCCCS(C)(=O)=O. The topological polar surface area (TPSA) is 46.2 Å². The van der Waals surface area contributed by atoms with Crippen molar-refractivity contribution in [2.45, 2.75) is 77.7 Å². The van der Waals surface area contributed by atoms with Crippen LogP contribution in [0.5, 0.6) is 0 Å². The average Bonchev–Trinajstić information content (AvgIpc) is 2.33. The van der Waals surface area contributed by atoms with Crippen LogP contribution in [0.25, 0.3) is 0 Å². The molecule has 0 aromatic rings. The third kappa shape index (κ3) is 14.1. The van der Waals surface area contributed by atoms with Crippen LogP contribution >= 0.6 is 0 Å². The molecule has 4 heteroatoms. The van der Waals surface area contributed by atoms with Gasteiger partial charge in [0.15, 0.2) is 0 Å². The van der Waals surface area contributed by atoms with Crippen molar-refractivity contribution in [3.63, 3.8) is 0 Å². The molecular formula is C15H33NO2S. The quantitative estimate of drug-likeness (QED) is 0.528. The van der Waals surface area contributed by atoms with Gasteiger partial charge in [0, 0.05) is 12.3 Å². The van der Waals surface area contributed by atoms with E-state index in [4.69, 9.17) is 0 Å². The molecule has 0 aromatic heterocycles. The van der Waals surface area contributed by atoms with E-state index < -0.39 is 9.84 Å². The van der Waals surface area contributed by atoms with Gasteiger partial charge in [-0.05, 0) is 25.8 Å². The second-order valence-corrected chi connectivity index (χ2v) is 7.89. The third-order valence-corrected chi connectivity index (χ3v) is 4.47. The smallest absolute Gasteiger partial charge is 0.147 e. The highest BCUT2D eigenvalue weighted by Crippen LogP contribution is 2.11. The van der Waals surface area contributed by atoms with Crippen molar-refractivity contribution in [1.29, 1.82) is 0 Å². The van der Waals surface area contributed by atoms with E-state index in [1.54, 1.807) is 0 Å². The molecule has 0 unspecified atom stereocenters. The zero-order chi connectivity index (χ0) is 14.6. The van der Waals surface area contributed by atoms with Gasteiger partial charge in [-0.15, -0.1) is 0 Å². The van der Waals surface area contributed by atoms with Gasteiger partial charge in [0.25, 0.3) is 0 Å². The Morgan fingerprint density at radius 1 is 0.895 bits per heavy atom. The fourth-order valence-corrected chi connectivity index (χ4v) is 2.94. The lowest BCUT2D eigenvalue weighted by atomic mass is 10.0. The molecular weight excluding hydrogens is 258 g/mol. The fraction of sp³-hybridized carbons (Fsp3) is 1.00. The van der Waals surface area contributed by atoms with E-state index in [1.165, 1.54) is 57.6 Å². The summed E-state index contributed by atoms with van der Waals surface area (Å²) in [4.78, 5) is 0. The molecule has 0 saturated carbocycles. The number of hydrogen-bond acceptors (Lipinski definition) is 3. The molecule has 0 fully saturated rings. The van der Waals surface area contributed by atoms with Crippen molar-refractivity contribution in [3.05, 3.63) is 0 Å². The standard InChI is InChI=1S/C15H33NO2S/c1-4-6-8-11-15(12-9-7-5-2)16-13-10-14-19(3,17)18/h15-16H,4-14H2,1-3H3. The molecule has 0 bridgehead atoms. The number of sulfone groups is 1. The minimum absolute atomic E-state index is 0.302. The Morgan fingerprint density at radius 2 is 1.42 bits per heavy atom. The van der Waals surface area contributed by atoms with Crippen molar-refractivity contribution in [2.75, 3.05) is 18.6 Å². The summed E-state index contributed by atoms with van der Waals surface area (Å²) in [5, 5.41) is 3.55. The summed E-state index contributed by atoms with van der Waals surface area (Å²) >= 11 is 0. The van der Waals surface area contributed by atoms with Crippen LogP contribution in [0.2, 0.25) is 0 Å². The Kier molecular flexibility index (Phi) is 11.7. The third-order valence-electron chi connectivity index (χ3n) is 3.44. The first-order valence-electron chi connectivity index (χ1n) is 7.90. The number of unbranched alkanes of at least 4 members (excludes halogenated alkanes) is 4. The maximum absolute atomic E-state index is 11.1. The van der Waals surface area contributed by atoms with E-state index in [9.17, 15) is 8.42 Å². The molecule has 0 aliphatic rings. The largest absolute Gasteiger partial charge is 0.314 e. The van der Waals surface area contributed by atoms with Gasteiger partial charge in [0.2, 0.25) is 0 Å². The first kappa shape index (κ1) is 18.9. The number of rotatable bonds is 13. The van der Waals surface area contributed by atoms with Gasteiger partial charge in [-0.2, -0.15) is 0 Å². The summed E-state index contributed by atoms with van der Waals surface area (Å²) in [5.74, 6) is 0.302. The van der Waals surface area contributed by atoms with E-state index >= 15 is 0 Å². The van der Waals surface area contributed by atoms with Crippen LogP contribution in [0.4, 0.5) is 0 Å². The second kappa shape index (κ2) is 11.7. The monoisotopic (exact) mass is 291 g/mol. The van der Waals surface area contributed by atoms with E-state index in [0.717, 1.165) is 13.0 Å². The summed E-state index contributed by atoms with van der Waals surface area (Å²) in [6.07, 6.45) is 12.2. The van der Waals surface area contributed by atoms with Gasteiger partial charge in [-0.3, -0.25) is 0 Å². The van der Waals surface area contributed by atoms with Crippen LogP contribution in [0, 0.1) is 0 Å². The van der Waals surface area contributed by atoms with Crippen molar-refractivity contribution in [2.24, 2.45) is 0 Å². The predicted molar refractivity (Wildman–Crippen MR) is 84.4 cm³/mol. The van der Waals surface area contributed by atoms with Crippen LogP contribution in [0.15, 0.2) is 0 Å². The molecule has 19 heavy (non-hydrogen) atoms. The Hall–Kier alpha value is -0.0900. The Morgan fingerprint density at radius 3 is 1.84 bits per heavy atom.